The first-order valence-electron chi connectivity index (χ1n) is 6.60. The largest absolute Gasteiger partial charge is 0.512 e. The smallest absolute Gasteiger partial charge is 0.257 e. The third kappa shape index (κ3) is 3.29. The maximum Gasteiger partial charge on any atom is 0.257 e. The fraction of sp³-hybridized carbons (Fsp3) is 0.500. The van der Waals surface area contributed by atoms with Crippen LogP contribution in [-0.2, 0) is 11.2 Å². The lowest BCUT2D eigenvalue weighted by Crippen LogP contribution is -2.28. The molecule has 0 saturated heterocycles. The molecule has 1 aromatic heterocycles. The molecule has 7 heteroatoms. The van der Waals surface area contributed by atoms with Crippen molar-refractivity contribution in [3.05, 3.63) is 27.2 Å². The third-order valence-corrected chi connectivity index (χ3v) is 4.12. The van der Waals surface area contributed by atoms with Crippen molar-refractivity contribution in [2.75, 3.05) is 12.0 Å². The van der Waals surface area contributed by atoms with Crippen molar-refractivity contribution < 1.29 is 9.90 Å². The molecule has 0 atom stereocenters. The van der Waals surface area contributed by atoms with Gasteiger partial charge in [0.05, 0.1) is 11.3 Å². The number of hydrogen-bond acceptors (Lipinski definition) is 6. The average molecular weight is 309 g/mol. The molecule has 0 spiro atoms. The zero-order valence-electron chi connectivity index (χ0n) is 12.3. The van der Waals surface area contributed by atoms with E-state index in [0.29, 0.717) is 18.0 Å². The molecule has 6 nitrogen and oxygen atoms in total. The van der Waals surface area contributed by atoms with E-state index in [2.05, 4.69) is 9.97 Å². The lowest BCUT2D eigenvalue weighted by atomic mass is 9.75. The minimum absolute atomic E-state index is 0.0174. The second-order valence-electron chi connectivity index (χ2n) is 5.98. The van der Waals surface area contributed by atoms with Crippen LogP contribution in [0.25, 0.3) is 0 Å². The topological polar surface area (TPSA) is 109 Å². The molecular formula is C14H19N3O3S. The van der Waals surface area contributed by atoms with Crippen LogP contribution in [0.3, 0.4) is 0 Å². The lowest BCUT2D eigenvalue weighted by molar-refractivity contribution is -0.118. The Morgan fingerprint density at radius 3 is 2.57 bits per heavy atom. The Bertz CT molecular complexity index is 677. The van der Waals surface area contributed by atoms with Crippen LogP contribution in [0.4, 0.5) is 5.82 Å². The van der Waals surface area contributed by atoms with Gasteiger partial charge in [-0.05, 0) is 11.7 Å². The number of nitrogens with two attached hydrogens (primary N) is 1. The standard InChI is InChI=1S/C14H19N3O3S/c1-14(2)5-9(18)7(10(19)6-14)4-8-11(15)16-13(21-3)17-12(8)20/h18H,4-6H2,1-3H3,(H3,15,16,17,20). The predicted octanol–water partition coefficient (Wildman–Crippen LogP) is 1.82. The molecule has 21 heavy (non-hydrogen) atoms. The number of anilines is 1. The van der Waals surface area contributed by atoms with E-state index in [1.807, 2.05) is 13.8 Å². The Morgan fingerprint density at radius 2 is 2.05 bits per heavy atom. The van der Waals surface area contributed by atoms with Crippen LogP contribution in [0.1, 0.15) is 32.3 Å². The number of allylic oxidation sites excluding steroid dienone is 2. The summed E-state index contributed by atoms with van der Waals surface area (Å²) in [6.45, 7) is 3.85. The average Bonchev–Trinajstić information content (AvgIpc) is 2.34. The molecule has 0 amide bonds. The molecule has 2 rings (SSSR count). The number of Topliss-reactive ketones (excluding diaryl/α,β-unsaturated/α-hetero) is 1. The van der Waals surface area contributed by atoms with Crippen molar-refractivity contribution in [1.29, 1.82) is 0 Å². The van der Waals surface area contributed by atoms with Crippen LogP contribution in [0.5, 0.6) is 0 Å². The van der Waals surface area contributed by atoms with Crippen LogP contribution >= 0.6 is 11.8 Å². The van der Waals surface area contributed by atoms with Crippen LogP contribution in [0, 0.1) is 5.41 Å². The number of aromatic amines is 1. The summed E-state index contributed by atoms with van der Waals surface area (Å²) in [5, 5.41) is 10.5. The van der Waals surface area contributed by atoms with Gasteiger partial charge in [0.2, 0.25) is 0 Å². The van der Waals surface area contributed by atoms with Gasteiger partial charge in [-0.3, -0.25) is 9.59 Å². The van der Waals surface area contributed by atoms with E-state index in [1.54, 1.807) is 6.26 Å². The molecule has 114 valence electrons. The second-order valence-corrected chi connectivity index (χ2v) is 6.78. The Balaban J connectivity index is 2.39. The molecular weight excluding hydrogens is 290 g/mol. The number of carbonyl (C=O) groups is 1. The molecule has 0 aromatic carbocycles. The van der Waals surface area contributed by atoms with Crippen molar-refractivity contribution in [3.63, 3.8) is 0 Å². The Kier molecular flexibility index (Phi) is 4.13. The lowest BCUT2D eigenvalue weighted by Gasteiger charge is -2.29. The number of ketones is 1. The molecule has 1 aliphatic rings. The number of carbonyl (C=O) groups excluding carboxylic acids is 1. The number of nitrogen functional groups attached to an aromatic ring is 1. The summed E-state index contributed by atoms with van der Waals surface area (Å²) in [5.41, 5.74) is 5.66. The van der Waals surface area contributed by atoms with E-state index in [1.165, 1.54) is 11.8 Å². The van der Waals surface area contributed by atoms with E-state index in [0.717, 1.165) is 0 Å². The minimum atomic E-state index is -0.371. The number of aromatic nitrogens is 2. The van der Waals surface area contributed by atoms with E-state index in [4.69, 9.17) is 5.73 Å². The molecule has 0 fully saturated rings. The van der Waals surface area contributed by atoms with Gasteiger partial charge in [-0.1, -0.05) is 25.6 Å². The number of aliphatic hydroxyl groups excluding tert-OH is 1. The zero-order chi connectivity index (χ0) is 15.8. The maximum absolute atomic E-state index is 12.2. The van der Waals surface area contributed by atoms with Crippen molar-refractivity contribution in [1.82, 2.24) is 9.97 Å². The summed E-state index contributed by atoms with van der Waals surface area (Å²) in [7, 11) is 0. The van der Waals surface area contributed by atoms with Crippen LogP contribution < -0.4 is 11.3 Å². The highest BCUT2D eigenvalue weighted by molar-refractivity contribution is 7.98. The molecule has 1 aliphatic carbocycles. The van der Waals surface area contributed by atoms with Gasteiger partial charge in [0.15, 0.2) is 10.9 Å². The number of aliphatic hydroxyl groups is 1. The van der Waals surface area contributed by atoms with Crippen molar-refractivity contribution in [3.8, 4) is 0 Å². The fourth-order valence-corrected chi connectivity index (χ4v) is 2.85. The first-order chi connectivity index (χ1) is 9.73. The molecule has 4 N–H and O–H groups in total. The highest BCUT2D eigenvalue weighted by Gasteiger charge is 2.33. The summed E-state index contributed by atoms with van der Waals surface area (Å²) in [4.78, 5) is 30.9. The Morgan fingerprint density at radius 1 is 1.38 bits per heavy atom. The van der Waals surface area contributed by atoms with Crippen LogP contribution in [0.2, 0.25) is 0 Å². The normalized spacial score (nSPS) is 18.1. The summed E-state index contributed by atoms with van der Waals surface area (Å²) in [5.74, 6) is 0.00141. The van der Waals surface area contributed by atoms with Gasteiger partial charge in [-0.15, -0.1) is 0 Å². The SMILES string of the molecule is CSc1nc(N)c(CC2=C(O)CC(C)(C)CC2=O)c(=O)[nH]1. The summed E-state index contributed by atoms with van der Waals surface area (Å²) in [6.07, 6.45) is 2.56. The molecule has 1 heterocycles. The van der Waals surface area contributed by atoms with Crippen LogP contribution in [0.15, 0.2) is 21.3 Å². The van der Waals surface area contributed by atoms with Crippen molar-refractivity contribution >= 4 is 23.4 Å². The molecule has 0 aliphatic heterocycles. The number of nitrogens with one attached hydrogen (secondary N) is 1. The number of rotatable bonds is 3. The fourth-order valence-electron chi connectivity index (χ4n) is 2.46. The Labute approximate surface area is 126 Å². The highest BCUT2D eigenvalue weighted by Crippen LogP contribution is 2.36. The van der Waals surface area contributed by atoms with Crippen molar-refractivity contribution in [2.24, 2.45) is 5.41 Å². The molecule has 1 aromatic rings. The van der Waals surface area contributed by atoms with Crippen LogP contribution in [-0.4, -0.2) is 27.1 Å². The maximum atomic E-state index is 12.2. The first-order valence-corrected chi connectivity index (χ1v) is 7.83. The van der Waals surface area contributed by atoms with Gasteiger partial charge in [-0.25, -0.2) is 4.98 Å². The van der Waals surface area contributed by atoms with Crippen molar-refractivity contribution in [2.45, 2.75) is 38.3 Å². The highest BCUT2D eigenvalue weighted by atomic mass is 32.2. The summed E-state index contributed by atoms with van der Waals surface area (Å²) >= 11 is 1.28. The Hall–Kier alpha value is -1.76. The summed E-state index contributed by atoms with van der Waals surface area (Å²) in [6, 6.07) is 0. The van der Waals surface area contributed by atoms with Gasteiger partial charge >= 0.3 is 0 Å². The summed E-state index contributed by atoms with van der Waals surface area (Å²) < 4.78 is 0. The third-order valence-electron chi connectivity index (χ3n) is 3.54. The molecule has 0 unspecified atom stereocenters. The number of nitrogens with zero attached hydrogens (tertiary/aromatic N) is 1. The first kappa shape index (κ1) is 15.6. The van der Waals surface area contributed by atoms with Gasteiger partial charge in [0.25, 0.3) is 5.56 Å². The predicted molar refractivity (Wildman–Crippen MR) is 82.4 cm³/mol. The molecule has 0 bridgehead atoms. The van der Waals surface area contributed by atoms with E-state index in [9.17, 15) is 14.7 Å². The molecule has 0 radical (unpaired) electrons. The zero-order valence-corrected chi connectivity index (χ0v) is 13.1. The number of thioether (sulfide) groups is 1. The van der Waals surface area contributed by atoms with E-state index >= 15 is 0 Å². The van der Waals surface area contributed by atoms with E-state index in [-0.39, 0.29) is 45.9 Å². The quantitative estimate of drug-likeness (QED) is 0.580. The van der Waals surface area contributed by atoms with Gasteiger partial charge in [0.1, 0.15) is 5.82 Å². The number of H-pyrrole nitrogens is 1. The van der Waals surface area contributed by atoms with Gasteiger partial charge in [0, 0.05) is 24.8 Å². The van der Waals surface area contributed by atoms with Gasteiger partial charge in [-0.2, -0.15) is 0 Å². The van der Waals surface area contributed by atoms with E-state index < -0.39 is 0 Å². The second kappa shape index (κ2) is 5.55. The minimum Gasteiger partial charge on any atom is -0.512 e. The number of hydrogen-bond donors (Lipinski definition) is 3. The molecule has 0 saturated carbocycles. The van der Waals surface area contributed by atoms with Gasteiger partial charge < -0.3 is 15.8 Å². The monoisotopic (exact) mass is 309 g/mol.